The van der Waals surface area contributed by atoms with E-state index in [0.29, 0.717) is 21.3 Å². The second-order valence-electron chi connectivity index (χ2n) is 5.88. The van der Waals surface area contributed by atoms with Crippen LogP contribution in [0.5, 0.6) is 11.5 Å². The highest BCUT2D eigenvalue weighted by molar-refractivity contribution is 7.16. The van der Waals surface area contributed by atoms with E-state index >= 15 is 0 Å². The molecule has 0 aliphatic carbocycles. The summed E-state index contributed by atoms with van der Waals surface area (Å²) in [5, 5.41) is 0.681. The van der Waals surface area contributed by atoms with Crippen LogP contribution in [0.4, 0.5) is 0 Å². The van der Waals surface area contributed by atoms with Crippen LogP contribution in [0.15, 0.2) is 35.3 Å². The monoisotopic (exact) mass is 390 g/mol. The van der Waals surface area contributed by atoms with Crippen LogP contribution in [0.3, 0.4) is 0 Å². The van der Waals surface area contributed by atoms with Crippen molar-refractivity contribution < 1.29 is 14.3 Å². The molecule has 0 unspecified atom stereocenters. The van der Waals surface area contributed by atoms with Gasteiger partial charge in [0.05, 0.1) is 30.9 Å². The minimum Gasteiger partial charge on any atom is -0.493 e. The van der Waals surface area contributed by atoms with E-state index in [2.05, 4.69) is 4.99 Å². The fourth-order valence-electron chi connectivity index (χ4n) is 2.88. The number of carbonyl (C=O) groups excluding carboxylic acids is 1. The summed E-state index contributed by atoms with van der Waals surface area (Å²) in [6, 6.07) is 9.22. The number of fused-ring (bicyclic) bond motifs is 1. The second kappa shape index (κ2) is 7.51. The lowest BCUT2D eigenvalue weighted by Gasteiger charge is -2.08. The molecule has 26 heavy (non-hydrogen) atoms. The summed E-state index contributed by atoms with van der Waals surface area (Å²) in [6.45, 7) is 2.00. The molecule has 0 atom stereocenters. The molecule has 5 nitrogen and oxygen atoms in total. The zero-order valence-corrected chi connectivity index (χ0v) is 16.6. The number of thiazole rings is 1. The van der Waals surface area contributed by atoms with Gasteiger partial charge in [-0.2, -0.15) is 4.99 Å². The Morgan fingerprint density at radius 3 is 2.62 bits per heavy atom. The number of ether oxygens (including phenoxy) is 2. The predicted molar refractivity (Wildman–Crippen MR) is 104 cm³/mol. The number of hydrogen-bond donors (Lipinski definition) is 0. The van der Waals surface area contributed by atoms with E-state index in [0.717, 1.165) is 21.3 Å². The van der Waals surface area contributed by atoms with Crippen molar-refractivity contribution in [2.75, 3.05) is 14.2 Å². The molecule has 136 valence electrons. The number of halogens is 1. The molecule has 1 amide bonds. The molecule has 0 N–H and O–H groups in total. The number of benzene rings is 2. The van der Waals surface area contributed by atoms with Crippen molar-refractivity contribution >= 4 is 39.1 Å². The number of carbonyl (C=O) groups is 1. The summed E-state index contributed by atoms with van der Waals surface area (Å²) in [7, 11) is 5.05. The first-order valence-corrected chi connectivity index (χ1v) is 9.16. The van der Waals surface area contributed by atoms with Crippen LogP contribution in [0.25, 0.3) is 10.2 Å². The molecule has 0 radical (unpaired) electrons. The number of aryl methyl sites for hydroxylation is 2. The third-order valence-corrected chi connectivity index (χ3v) is 5.37. The first-order chi connectivity index (χ1) is 12.4. The number of hydrogen-bond acceptors (Lipinski definition) is 4. The summed E-state index contributed by atoms with van der Waals surface area (Å²) in [5.41, 5.74) is 2.91. The van der Waals surface area contributed by atoms with Crippen LogP contribution >= 0.6 is 22.9 Å². The van der Waals surface area contributed by atoms with Crippen molar-refractivity contribution in [2.45, 2.75) is 13.3 Å². The Morgan fingerprint density at radius 1 is 1.19 bits per heavy atom. The molecule has 7 heteroatoms. The fraction of sp³-hybridized carbons (Fsp3) is 0.263. The normalized spacial score (nSPS) is 11.8. The number of methoxy groups -OCH3 is 2. The number of nitrogens with zero attached hydrogens (tertiary/aromatic N) is 2. The molecule has 0 bridgehead atoms. The maximum absolute atomic E-state index is 12.4. The second-order valence-corrected chi connectivity index (χ2v) is 7.33. The van der Waals surface area contributed by atoms with Gasteiger partial charge in [-0.3, -0.25) is 4.79 Å². The van der Waals surface area contributed by atoms with Crippen molar-refractivity contribution in [1.82, 2.24) is 4.57 Å². The zero-order valence-electron chi connectivity index (χ0n) is 15.0. The average Bonchev–Trinajstić information content (AvgIpc) is 2.90. The highest BCUT2D eigenvalue weighted by Gasteiger charge is 2.11. The Balaban J connectivity index is 1.93. The molecule has 3 aromatic rings. The quantitative estimate of drug-likeness (QED) is 0.679. The van der Waals surface area contributed by atoms with Crippen molar-refractivity contribution in [1.29, 1.82) is 0 Å². The molecular weight excluding hydrogens is 372 g/mol. The van der Waals surface area contributed by atoms with Gasteiger partial charge in [-0.05, 0) is 42.3 Å². The highest BCUT2D eigenvalue weighted by Crippen LogP contribution is 2.28. The van der Waals surface area contributed by atoms with Crippen molar-refractivity contribution in [3.63, 3.8) is 0 Å². The van der Waals surface area contributed by atoms with Gasteiger partial charge in [0.1, 0.15) is 0 Å². The van der Waals surface area contributed by atoms with Gasteiger partial charge in [0.2, 0.25) is 0 Å². The van der Waals surface area contributed by atoms with E-state index in [1.165, 1.54) is 11.3 Å². The Labute approximate surface area is 160 Å². The largest absolute Gasteiger partial charge is 0.493 e. The Morgan fingerprint density at radius 2 is 1.92 bits per heavy atom. The first kappa shape index (κ1) is 18.5. The summed E-state index contributed by atoms with van der Waals surface area (Å²) >= 11 is 7.58. The third-order valence-electron chi connectivity index (χ3n) is 4.08. The maximum atomic E-state index is 12.4. The zero-order chi connectivity index (χ0) is 18.8. The van der Waals surface area contributed by atoms with E-state index in [1.807, 2.05) is 36.7 Å². The molecule has 1 heterocycles. The smallest absolute Gasteiger partial charge is 0.252 e. The minimum absolute atomic E-state index is 0.189. The van der Waals surface area contributed by atoms with Crippen LogP contribution < -0.4 is 14.3 Å². The Kier molecular flexibility index (Phi) is 5.34. The van der Waals surface area contributed by atoms with E-state index in [-0.39, 0.29) is 12.3 Å². The van der Waals surface area contributed by atoms with Gasteiger partial charge >= 0.3 is 0 Å². The lowest BCUT2D eigenvalue weighted by Crippen LogP contribution is -2.14. The topological polar surface area (TPSA) is 52.8 Å². The molecule has 0 spiro atoms. The highest BCUT2D eigenvalue weighted by atomic mass is 35.5. The van der Waals surface area contributed by atoms with Gasteiger partial charge in [0.25, 0.3) is 5.91 Å². The van der Waals surface area contributed by atoms with Crippen LogP contribution in [-0.2, 0) is 18.3 Å². The van der Waals surface area contributed by atoms with Gasteiger partial charge in [0.15, 0.2) is 16.3 Å². The summed E-state index contributed by atoms with van der Waals surface area (Å²) < 4.78 is 13.4. The summed E-state index contributed by atoms with van der Waals surface area (Å²) in [6.07, 6.45) is 0.189. The van der Waals surface area contributed by atoms with Gasteiger partial charge in [-0.15, -0.1) is 0 Å². The van der Waals surface area contributed by atoms with Crippen molar-refractivity contribution in [3.8, 4) is 11.5 Å². The van der Waals surface area contributed by atoms with Gasteiger partial charge in [-0.1, -0.05) is 29.0 Å². The lowest BCUT2D eigenvalue weighted by atomic mass is 10.1. The molecule has 0 aliphatic heterocycles. The Bertz CT molecular complexity index is 1050. The molecule has 2 aromatic carbocycles. The third kappa shape index (κ3) is 3.61. The summed E-state index contributed by atoms with van der Waals surface area (Å²) in [5.74, 6) is 1.00. The lowest BCUT2D eigenvalue weighted by molar-refractivity contribution is -0.117. The van der Waals surface area contributed by atoms with Crippen molar-refractivity contribution in [2.24, 2.45) is 12.0 Å². The van der Waals surface area contributed by atoms with E-state index in [9.17, 15) is 4.79 Å². The molecule has 3 rings (SSSR count). The van der Waals surface area contributed by atoms with E-state index < -0.39 is 0 Å². The summed E-state index contributed by atoms with van der Waals surface area (Å²) in [4.78, 5) is 17.4. The van der Waals surface area contributed by atoms with Gasteiger partial charge in [-0.25, -0.2) is 0 Å². The van der Waals surface area contributed by atoms with Crippen LogP contribution in [0.1, 0.15) is 11.1 Å². The molecule has 0 saturated heterocycles. The van der Waals surface area contributed by atoms with Gasteiger partial charge in [0, 0.05) is 12.1 Å². The first-order valence-electron chi connectivity index (χ1n) is 7.97. The molecule has 1 aromatic heterocycles. The standard InChI is InChI=1S/C19H19ClN2O3S/c1-11-7-13(20)10-16-18(11)22(2)19(26-16)21-17(23)9-12-5-6-14(24-3)15(8-12)25-4/h5-8,10H,9H2,1-4H3. The average molecular weight is 391 g/mol. The fourth-order valence-corrected chi connectivity index (χ4v) is 4.37. The van der Waals surface area contributed by atoms with Gasteiger partial charge < -0.3 is 14.0 Å². The number of rotatable bonds is 4. The maximum Gasteiger partial charge on any atom is 0.252 e. The van der Waals surface area contributed by atoms with E-state index in [1.54, 1.807) is 26.4 Å². The SMILES string of the molecule is COc1ccc(CC(=O)N=c2sc3cc(Cl)cc(C)c3n2C)cc1OC. The van der Waals surface area contributed by atoms with Crippen LogP contribution in [0, 0.1) is 6.92 Å². The minimum atomic E-state index is -0.219. The predicted octanol–water partition coefficient (Wildman–Crippen LogP) is 3.89. The van der Waals surface area contributed by atoms with E-state index in [4.69, 9.17) is 21.1 Å². The van der Waals surface area contributed by atoms with Crippen LogP contribution in [0.2, 0.25) is 5.02 Å². The molecule has 0 fully saturated rings. The number of aromatic nitrogens is 1. The molecular formula is C19H19ClN2O3S. The Hall–Kier alpha value is -2.31. The van der Waals surface area contributed by atoms with Crippen molar-refractivity contribution in [3.05, 3.63) is 51.3 Å². The molecule has 0 aliphatic rings. The number of amides is 1. The van der Waals surface area contributed by atoms with Crippen LogP contribution in [-0.4, -0.2) is 24.7 Å². The molecule has 0 saturated carbocycles.